The van der Waals surface area contributed by atoms with Crippen LogP contribution >= 0.6 is 0 Å². The van der Waals surface area contributed by atoms with E-state index >= 15 is 0 Å². The van der Waals surface area contributed by atoms with E-state index in [1.807, 2.05) is 0 Å². The maximum Gasteiger partial charge on any atom is 0.0591 e. The van der Waals surface area contributed by atoms with Gasteiger partial charge in [0.15, 0.2) is 0 Å². The highest BCUT2D eigenvalue weighted by molar-refractivity contribution is 4.85. The molecule has 102 valence electrons. The van der Waals surface area contributed by atoms with Crippen molar-refractivity contribution >= 4 is 0 Å². The number of aliphatic hydroxyl groups excluding tert-OH is 2. The van der Waals surface area contributed by atoms with Crippen molar-refractivity contribution in [1.82, 2.24) is 4.90 Å². The average Bonchev–Trinajstić information content (AvgIpc) is 2.15. The van der Waals surface area contributed by atoms with Gasteiger partial charge in [0, 0.05) is 25.7 Å². The van der Waals surface area contributed by atoms with Crippen molar-refractivity contribution in [3.05, 3.63) is 0 Å². The molecule has 1 aliphatic rings. The Labute approximate surface area is 105 Å². The molecule has 0 bridgehead atoms. The van der Waals surface area contributed by atoms with E-state index in [1.54, 1.807) is 0 Å². The van der Waals surface area contributed by atoms with Gasteiger partial charge >= 0.3 is 0 Å². The van der Waals surface area contributed by atoms with Crippen LogP contribution in [0.2, 0.25) is 0 Å². The summed E-state index contributed by atoms with van der Waals surface area (Å²) in [5.41, 5.74) is 5.96. The summed E-state index contributed by atoms with van der Waals surface area (Å²) in [4.78, 5) is 2.20. The standard InChI is InChI=1S/C13H28N2O2/c1-13(2,3)12(17)7-10-6-11(14)9-15(8-10)4-5-16/h10-12,16-17H,4-9,14H2,1-3H3. The highest BCUT2D eigenvalue weighted by Gasteiger charge is 2.30. The molecule has 1 heterocycles. The maximum absolute atomic E-state index is 10.1. The summed E-state index contributed by atoms with van der Waals surface area (Å²) < 4.78 is 0. The summed E-state index contributed by atoms with van der Waals surface area (Å²) >= 11 is 0. The van der Waals surface area contributed by atoms with Gasteiger partial charge in [-0.3, -0.25) is 4.90 Å². The van der Waals surface area contributed by atoms with Crippen LogP contribution in [-0.2, 0) is 0 Å². The molecule has 1 fully saturated rings. The minimum absolute atomic E-state index is 0.0661. The van der Waals surface area contributed by atoms with Crippen molar-refractivity contribution in [2.75, 3.05) is 26.2 Å². The minimum Gasteiger partial charge on any atom is -0.395 e. The highest BCUT2D eigenvalue weighted by Crippen LogP contribution is 2.28. The fraction of sp³-hybridized carbons (Fsp3) is 1.00. The van der Waals surface area contributed by atoms with E-state index in [1.165, 1.54) is 0 Å². The van der Waals surface area contributed by atoms with Crippen LogP contribution in [0.15, 0.2) is 0 Å². The van der Waals surface area contributed by atoms with Gasteiger partial charge in [-0.2, -0.15) is 0 Å². The zero-order valence-corrected chi connectivity index (χ0v) is 11.4. The van der Waals surface area contributed by atoms with Crippen molar-refractivity contribution in [2.45, 2.75) is 45.8 Å². The monoisotopic (exact) mass is 244 g/mol. The molecule has 0 aromatic rings. The molecule has 1 saturated heterocycles. The molecule has 3 unspecified atom stereocenters. The lowest BCUT2D eigenvalue weighted by Crippen LogP contribution is -2.49. The lowest BCUT2D eigenvalue weighted by atomic mass is 9.80. The molecule has 17 heavy (non-hydrogen) atoms. The van der Waals surface area contributed by atoms with Gasteiger partial charge in [-0.15, -0.1) is 0 Å². The first-order valence-corrected chi connectivity index (χ1v) is 6.59. The Balaban J connectivity index is 2.47. The van der Waals surface area contributed by atoms with E-state index in [-0.39, 0.29) is 24.2 Å². The first-order valence-electron chi connectivity index (χ1n) is 6.59. The van der Waals surface area contributed by atoms with Crippen LogP contribution in [0.25, 0.3) is 0 Å². The van der Waals surface area contributed by atoms with Crippen LogP contribution in [0.4, 0.5) is 0 Å². The van der Waals surface area contributed by atoms with Crippen LogP contribution in [-0.4, -0.2) is 53.5 Å². The Morgan fingerprint density at radius 2 is 2.00 bits per heavy atom. The zero-order chi connectivity index (χ0) is 13.1. The van der Waals surface area contributed by atoms with E-state index in [0.717, 1.165) is 25.9 Å². The Morgan fingerprint density at radius 1 is 1.35 bits per heavy atom. The molecule has 4 nitrogen and oxygen atoms in total. The third-order valence-corrected chi connectivity index (χ3v) is 3.62. The smallest absolute Gasteiger partial charge is 0.0591 e. The van der Waals surface area contributed by atoms with Crippen molar-refractivity contribution in [3.63, 3.8) is 0 Å². The number of nitrogens with zero attached hydrogens (tertiary/aromatic N) is 1. The second-order valence-electron chi connectivity index (χ2n) is 6.46. The Kier molecular flexibility index (Phi) is 5.38. The molecular formula is C13H28N2O2. The molecule has 4 N–H and O–H groups in total. The van der Waals surface area contributed by atoms with E-state index in [4.69, 9.17) is 10.8 Å². The maximum atomic E-state index is 10.1. The van der Waals surface area contributed by atoms with Gasteiger partial charge in [-0.25, -0.2) is 0 Å². The molecule has 0 aromatic carbocycles. The third-order valence-electron chi connectivity index (χ3n) is 3.62. The highest BCUT2D eigenvalue weighted by atomic mass is 16.3. The number of aliphatic hydroxyl groups is 2. The van der Waals surface area contributed by atoms with Crippen LogP contribution in [0.3, 0.4) is 0 Å². The van der Waals surface area contributed by atoms with Crippen molar-refractivity contribution in [2.24, 2.45) is 17.1 Å². The quantitative estimate of drug-likeness (QED) is 0.670. The number of rotatable bonds is 4. The summed E-state index contributed by atoms with van der Waals surface area (Å²) in [6.07, 6.45) is 1.50. The summed E-state index contributed by atoms with van der Waals surface area (Å²) in [7, 11) is 0. The first kappa shape index (κ1) is 14.9. The van der Waals surface area contributed by atoms with Gasteiger partial charge in [-0.1, -0.05) is 20.8 Å². The number of hydrogen-bond acceptors (Lipinski definition) is 4. The molecule has 0 aromatic heterocycles. The topological polar surface area (TPSA) is 69.7 Å². The van der Waals surface area contributed by atoms with Gasteiger partial charge in [0.1, 0.15) is 0 Å². The van der Waals surface area contributed by atoms with Gasteiger partial charge in [0.25, 0.3) is 0 Å². The fourth-order valence-corrected chi connectivity index (χ4v) is 2.51. The molecule has 0 spiro atoms. The number of nitrogens with two attached hydrogens (primary N) is 1. The lowest BCUT2D eigenvalue weighted by molar-refractivity contribution is 0.0224. The molecule has 0 radical (unpaired) electrons. The van der Waals surface area contributed by atoms with E-state index in [9.17, 15) is 5.11 Å². The predicted molar refractivity (Wildman–Crippen MR) is 69.7 cm³/mol. The molecular weight excluding hydrogens is 216 g/mol. The first-order chi connectivity index (χ1) is 7.82. The van der Waals surface area contributed by atoms with Crippen LogP contribution in [0, 0.1) is 11.3 Å². The normalized spacial score (nSPS) is 29.3. The second-order valence-corrected chi connectivity index (χ2v) is 6.46. The second kappa shape index (κ2) is 6.14. The van der Waals surface area contributed by atoms with E-state index in [0.29, 0.717) is 12.5 Å². The van der Waals surface area contributed by atoms with Crippen molar-refractivity contribution in [3.8, 4) is 0 Å². The summed E-state index contributed by atoms with van der Waals surface area (Å²) in [5, 5.41) is 19.1. The van der Waals surface area contributed by atoms with Crippen LogP contribution in [0.1, 0.15) is 33.6 Å². The van der Waals surface area contributed by atoms with Gasteiger partial charge in [-0.05, 0) is 24.2 Å². The predicted octanol–water partition coefficient (Wildman–Crippen LogP) is 0.425. The molecule has 0 aliphatic carbocycles. The molecule has 0 saturated carbocycles. The van der Waals surface area contributed by atoms with Crippen molar-refractivity contribution < 1.29 is 10.2 Å². The number of likely N-dealkylation sites (tertiary alicyclic amines) is 1. The Bertz CT molecular complexity index is 228. The van der Waals surface area contributed by atoms with E-state index < -0.39 is 0 Å². The Hall–Kier alpha value is -0.160. The summed E-state index contributed by atoms with van der Waals surface area (Å²) in [6.45, 7) is 8.87. The zero-order valence-electron chi connectivity index (χ0n) is 11.4. The summed E-state index contributed by atoms with van der Waals surface area (Å²) in [5.74, 6) is 0.444. The molecule has 1 rings (SSSR count). The van der Waals surface area contributed by atoms with Crippen molar-refractivity contribution in [1.29, 1.82) is 0 Å². The van der Waals surface area contributed by atoms with Gasteiger partial charge in [0.2, 0.25) is 0 Å². The SMILES string of the molecule is CC(C)(C)C(O)CC1CC(N)CN(CCO)C1. The largest absolute Gasteiger partial charge is 0.395 e. The molecule has 0 amide bonds. The minimum atomic E-state index is -0.284. The van der Waals surface area contributed by atoms with Gasteiger partial charge in [0.05, 0.1) is 12.7 Å². The molecule has 4 heteroatoms. The number of hydrogen-bond donors (Lipinski definition) is 3. The number of β-amino-alcohol motifs (C(OH)–C–C–N with tert-alkyl or cyclic N) is 1. The average molecular weight is 244 g/mol. The van der Waals surface area contributed by atoms with E-state index in [2.05, 4.69) is 25.7 Å². The van der Waals surface area contributed by atoms with Crippen LogP contribution in [0.5, 0.6) is 0 Å². The number of piperidine rings is 1. The third kappa shape index (κ3) is 4.92. The molecule has 3 atom stereocenters. The lowest BCUT2D eigenvalue weighted by Gasteiger charge is -2.38. The van der Waals surface area contributed by atoms with Gasteiger partial charge < -0.3 is 15.9 Å². The van der Waals surface area contributed by atoms with Crippen LogP contribution < -0.4 is 5.73 Å². The summed E-state index contributed by atoms with van der Waals surface area (Å²) in [6, 6.07) is 0.174. The fourth-order valence-electron chi connectivity index (χ4n) is 2.51. The molecule has 1 aliphatic heterocycles. The Morgan fingerprint density at radius 3 is 2.53 bits per heavy atom.